The van der Waals surface area contributed by atoms with Crippen molar-refractivity contribution in [2.45, 2.75) is 36.9 Å². The molecule has 0 aromatic heterocycles. The van der Waals surface area contributed by atoms with E-state index < -0.39 is 22.2 Å². The summed E-state index contributed by atoms with van der Waals surface area (Å²) in [7, 11) is -3.78. The van der Waals surface area contributed by atoms with E-state index in [4.69, 9.17) is 11.6 Å². The van der Waals surface area contributed by atoms with Gasteiger partial charge in [-0.25, -0.2) is 8.42 Å². The van der Waals surface area contributed by atoms with Crippen LogP contribution in [0.5, 0.6) is 0 Å². The quantitative estimate of drug-likeness (QED) is 0.706. The molecule has 1 aliphatic rings. The average Bonchev–Trinajstić information content (AvgIpc) is 3.11. The maximum absolute atomic E-state index is 13.0. The van der Waals surface area contributed by atoms with Crippen LogP contribution in [0.4, 0.5) is 0 Å². The van der Waals surface area contributed by atoms with E-state index in [-0.39, 0.29) is 35.8 Å². The van der Waals surface area contributed by atoms with E-state index in [2.05, 4.69) is 0 Å². The molecule has 1 amide bonds. The van der Waals surface area contributed by atoms with Crippen LogP contribution in [0.25, 0.3) is 0 Å². The summed E-state index contributed by atoms with van der Waals surface area (Å²) in [6.07, 6.45) is -1.01. The summed E-state index contributed by atoms with van der Waals surface area (Å²) in [4.78, 5) is 14.3. The number of aryl methyl sites for hydroxylation is 1. The highest BCUT2D eigenvalue weighted by atomic mass is 35.5. The topological polar surface area (TPSA) is 77.9 Å². The molecule has 0 unspecified atom stereocenters. The smallest absolute Gasteiger partial charge is 0.243 e. The Bertz CT molecular complexity index is 950. The molecule has 1 heterocycles. The van der Waals surface area contributed by atoms with E-state index in [0.29, 0.717) is 0 Å². The summed E-state index contributed by atoms with van der Waals surface area (Å²) >= 11 is 5.84. The maximum atomic E-state index is 13.0. The first-order chi connectivity index (χ1) is 13.8. The SMILES string of the molecule is Cc1ccc(S(=O)(=O)N2C[C@H](O)[C@@H](N(C(=O)CCl)[C@H](C)c3ccccc3)C2)cc1. The normalized spacial score (nSPS) is 21.1. The van der Waals surface area contributed by atoms with Crippen LogP contribution in [-0.4, -0.2) is 59.8 Å². The third-order valence-electron chi connectivity index (χ3n) is 5.34. The Balaban J connectivity index is 1.89. The minimum absolute atomic E-state index is 0.0111. The van der Waals surface area contributed by atoms with E-state index in [0.717, 1.165) is 11.1 Å². The Morgan fingerprint density at radius 1 is 1.17 bits per heavy atom. The standard InChI is InChI=1S/C21H25ClN2O4S/c1-15-8-10-18(11-9-15)29(27,28)23-13-19(20(25)14-23)24(21(26)12-22)16(2)17-6-4-3-5-7-17/h3-11,16,19-20,25H,12-14H2,1-2H3/t16-,19+,20+/m1/s1. The minimum Gasteiger partial charge on any atom is -0.390 e. The Kier molecular flexibility index (Phi) is 6.63. The number of rotatable bonds is 6. The number of amides is 1. The summed E-state index contributed by atoms with van der Waals surface area (Å²) in [6, 6.07) is 14.9. The first kappa shape index (κ1) is 21.8. The number of carbonyl (C=O) groups excluding carboxylic acids is 1. The second-order valence-electron chi connectivity index (χ2n) is 7.29. The van der Waals surface area contributed by atoms with Crippen molar-refractivity contribution >= 4 is 27.5 Å². The number of hydrogen-bond donors (Lipinski definition) is 1. The monoisotopic (exact) mass is 436 g/mol. The molecule has 2 aromatic rings. The molecule has 1 aliphatic heterocycles. The van der Waals surface area contributed by atoms with Crippen molar-refractivity contribution in [3.05, 3.63) is 65.7 Å². The molecule has 2 aromatic carbocycles. The summed E-state index contributed by atoms with van der Waals surface area (Å²) in [6.45, 7) is 3.67. The molecule has 0 radical (unpaired) electrons. The molecule has 0 spiro atoms. The minimum atomic E-state index is -3.78. The first-order valence-electron chi connectivity index (χ1n) is 9.42. The number of benzene rings is 2. The predicted octanol–water partition coefficient (Wildman–Crippen LogP) is 2.56. The Morgan fingerprint density at radius 2 is 1.79 bits per heavy atom. The molecular weight excluding hydrogens is 412 g/mol. The Labute approximate surface area is 176 Å². The van der Waals surface area contributed by atoms with Gasteiger partial charge < -0.3 is 10.0 Å². The molecule has 8 heteroatoms. The third kappa shape index (κ3) is 4.48. The summed E-state index contributed by atoms with van der Waals surface area (Å²) in [5.41, 5.74) is 1.84. The van der Waals surface area contributed by atoms with Crippen molar-refractivity contribution in [2.24, 2.45) is 0 Å². The highest BCUT2D eigenvalue weighted by Crippen LogP contribution is 2.30. The van der Waals surface area contributed by atoms with Gasteiger partial charge in [0, 0.05) is 13.1 Å². The van der Waals surface area contributed by atoms with Crippen LogP contribution in [0.15, 0.2) is 59.5 Å². The van der Waals surface area contributed by atoms with Crippen molar-refractivity contribution in [3.63, 3.8) is 0 Å². The van der Waals surface area contributed by atoms with Crippen molar-refractivity contribution in [1.82, 2.24) is 9.21 Å². The lowest BCUT2D eigenvalue weighted by atomic mass is 10.0. The van der Waals surface area contributed by atoms with Crippen molar-refractivity contribution < 1.29 is 18.3 Å². The molecule has 3 atom stereocenters. The summed E-state index contributed by atoms with van der Waals surface area (Å²) in [5, 5.41) is 10.7. The van der Waals surface area contributed by atoms with E-state index in [1.54, 1.807) is 24.3 Å². The van der Waals surface area contributed by atoms with Gasteiger partial charge in [0.15, 0.2) is 0 Å². The maximum Gasteiger partial charge on any atom is 0.243 e. The molecular formula is C21H25ClN2O4S. The van der Waals surface area contributed by atoms with Crippen LogP contribution in [0, 0.1) is 6.92 Å². The number of nitrogens with zero attached hydrogens (tertiary/aromatic N) is 2. The molecule has 1 N–H and O–H groups in total. The Hall–Kier alpha value is -1.93. The van der Waals surface area contributed by atoms with Gasteiger partial charge >= 0.3 is 0 Å². The number of halogens is 1. The molecule has 156 valence electrons. The van der Waals surface area contributed by atoms with Crippen LogP contribution < -0.4 is 0 Å². The van der Waals surface area contributed by atoms with Gasteiger partial charge in [0.1, 0.15) is 5.88 Å². The van der Waals surface area contributed by atoms with Crippen molar-refractivity contribution in [2.75, 3.05) is 19.0 Å². The fourth-order valence-corrected chi connectivity index (χ4v) is 5.33. The van der Waals surface area contributed by atoms with Gasteiger partial charge in [-0.2, -0.15) is 4.31 Å². The van der Waals surface area contributed by atoms with Crippen LogP contribution in [0.2, 0.25) is 0 Å². The first-order valence-corrected chi connectivity index (χ1v) is 11.4. The number of alkyl halides is 1. The second kappa shape index (κ2) is 8.83. The number of carbonyl (C=O) groups is 1. The van der Waals surface area contributed by atoms with Crippen LogP contribution in [-0.2, 0) is 14.8 Å². The van der Waals surface area contributed by atoms with Gasteiger partial charge in [0.25, 0.3) is 0 Å². The van der Waals surface area contributed by atoms with Crippen molar-refractivity contribution in [3.8, 4) is 0 Å². The molecule has 0 aliphatic carbocycles. The van der Waals surface area contributed by atoms with Gasteiger partial charge in [-0.1, -0.05) is 48.0 Å². The lowest BCUT2D eigenvalue weighted by Crippen LogP contribution is -2.48. The van der Waals surface area contributed by atoms with Gasteiger partial charge in [-0.05, 0) is 31.5 Å². The van der Waals surface area contributed by atoms with Crippen LogP contribution in [0.3, 0.4) is 0 Å². The molecule has 6 nitrogen and oxygen atoms in total. The predicted molar refractivity (Wildman–Crippen MR) is 112 cm³/mol. The van der Waals surface area contributed by atoms with Crippen LogP contribution >= 0.6 is 11.6 Å². The number of sulfonamides is 1. The molecule has 3 rings (SSSR count). The highest BCUT2D eigenvalue weighted by Gasteiger charge is 2.44. The zero-order chi connectivity index (χ0) is 21.2. The molecule has 29 heavy (non-hydrogen) atoms. The summed E-state index contributed by atoms with van der Waals surface area (Å²) < 4.78 is 27.3. The third-order valence-corrected chi connectivity index (χ3v) is 7.42. The molecule has 0 bridgehead atoms. The molecule has 0 saturated carbocycles. The van der Waals surface area contributed by atoms with Gasteiger partial charge in [-0.15, -0.1) is 11.6 Å². The zero-order valence-electron chi connectivity index (χ0n) is 16.4. The Morgan fingerprint density at radius 3 is 2.38 bits per heavy atom. The molecule has 1 saturated heterocycles. The lowest BCUT2D eigenvalue weighted by Gasteiger charge is -2.36. The fourth-order valence-electron chi connectivity index (χ4n) is 3.71. The van der Waals surface area contributed by atoms with E-state index >= 15 is 0 Å². The van der Waals surface area contributed by atoms with E-state index in [1.807, 2.05) is 44.2 Å². The van der Waals surface area contributed by atoms with Crippen LogP contribution in [0.1, 0.15) is 24.1 Å². The highest BCUT2D eigenvalue weighted by molar-refractivity contribution is 7.89. The van der Waals surface area contributed by atoms with Gasteiger partial charge in [0.2, 0.25) is 15.9 Å². The fraction of sp³-hybridized carbons (Fsp3) is 0.381. The number of β-amino-alcohol motifs (C(OH)–C–C–N with tert-alkyl or cyclic N) is 1. The lowest BCUT2D eigenvalue weighted by molar-refractivity contribution is -0.135. The summed E-state index contributed by atoms with van der Waals surface area (Å²) in [5.74, 6) is -0.591. The average molecular weight is 437 g/mol. The number of hydrogen-bond acceptors (Lipinski definition) is 4. The molecule has 1 fully saturated rings. The zero-order valence-corrected chi connectivity index (χ0v) is 18.0. The van der Waals surface area contributed by atoms with Crippen molar-refractivity contribution in [1.29, 1.82) is 0 Å². The second-order valence-corrected chi connectivity index (χ2v) is 9.50. The van der Waals surface area contributed by atoms with Gasteiger partial charge in [0.05, 0.1) is 23.1 Å². The number of aliphatic hydroxyl groups excluding tert-OH is 1. The van der Waals surface area contributed by atoms with E-state index in [1.165, 1.54) is 9.21 Å². The van der Waals surface area contributed by atoms with E-state index in [9.17, 15) is 18.3 Å². The van der Waals surface area contributed by atoms with Gasteiger partial charge in [-0.3, -0.25) is 4.79 Å². The number of aliphatic hydroxyl groups is 1. The largest absolute Gasteiger partial charge is 0.390 e.